The molecule has 3 aromatic rings. The highest BCUT2D eigenvalue weighted by molar-refractivity contribution is 5.77. The van der Waals surface area contributed by atoms with Crippen LogP contribution in [0.2, 0.25) is 0 Å². The van der Waals surface area contributed by atoms with Crippen molar-refractivity contribution in [3.05, 3.63) is 42.7 Å². The van der Waals surface area contributed by atoms with Crippen molar-refractivity contribution in [2.24, 2.45) is 5.73 Å². The molecule has 3 atom stereocenters. The Morgan fingerprint density at radius 2 is 1.97 bits per heavy atom. The molecule has 0 saturated carbocycles. The molecule has 0 radical (unpaired) electrons. The molecule has 0 aliphatic carbocycles. The van der Waals surface area contributed by atoms with Gasteiger partial charge >= 0.3 is 0 Å². The Morgan fingerprint density at radius 1 is 1.16 bits per heavy atom. The number of nitrogens with two attached hydrogens (primary N) is 1. The number of carbonyl (C=O) groups is 1. The SMILES string of the molecule is NCCC(=O)N1C2CC[C@H]1C[C@H](Oc1ccc(-c3ccc(-c4cn[nH]c4)cc3O)nn1)C2. The van der Waals surface area contributed by atoms with Gasteiger partial charge < -0.3 is 20.5 Å². The first kappa shape index (κ1) is 20.4. The minimum absolute atomic E-state index is 0.0113. The van der Waals surface area contributed by atoms with E-state index in [1.807, 2.05) is 17.0 Å². The molecular formula is C23H26N6O3. The molecule has 4 heterocycles. The summed E-state index contributed by atoms with van der Waals surface area (Å²) in [5.41, 5.74) is 8.48. The molecule has 0 spiro atoms. The van der Waals surface area contributed by atoms with Gasteiger partial charge in [-0.1, -0.05) is 6.07 Å². The smallest absolute Gasteiger partial charge is 0.233 e. The third-order valence-corrected chi connectivity index (χ3v) is 6.37. The topological polar surface area (TPSA) is 130 Å². The van der Waals surface area contributed by atoms with Gasteiger partial charge in [-0.05, 0) is 36.6 Å². The average molecular weight is 435 g/mol. The van der Waals surface area contributed by atoms with E-state index < -0.39 is 0 Å². The maximum absolute atomic E-state index is 12.4. The molecule has 4 N–H and O–H groups in total. The molecule has 9 nitrogen and oxygen atoms in total. The number of aromatic hydroxyl groups is 1. The van der Waals surface area contributed by atoms with Crippen LogP contribution in [0.5, 0.6) is 11.6 Å². The monoisotopic (exact) mass is 434 g/mol. The van der Waals surface area contributed by atoms with Crippen LogP contribution in [0.15, 0.2) is 42.7 Å². The summed E-state index contributed by atoms with van der Waals surface area (Å²) in [6.07, 6.45) is 7.51. The Labute approximate surface area is 185 Å². The molecule has 32 heavy (non-hydrogen) atoms. The third kappa shape index (κ3) is 3.91. The number of aromatic nitrogens is 4. The number of phenolic OH excluding ortho intramolecular Hbond substituents is 1. The van der Waals surface area contributed by atoms with Gasteiger partial charge in [0.05, 0.1) is 11.9 Å². The highest BCUT2D eigenvalue weighted by atomic mass is 16.5. The number of piperidine rings is 1. The number of hydrogen-bond donors (Lipinski definition) is 3. The number of carbonyl (C=O) groups excluding carboxylic acids is 1. The summed E-state index contributed by atoms with van der Waals surface area (Å²) < 4.78 is 6.10. The molecule has 2 saturated heterocycles. The predicted molar refractivity (Wildman–Crippen MR) is 118 cm³/mol. The van der Waals surface area contributed by atoms with E-state index in [1.165, 1.54) is 0 Å². The molecule has 1 amide bonds. The standard InChI is InChI=1S/C23H26N6O3/c24-8-7-23(31)29-16-2-3-17(29)11-18(10-16)32-22-6-5-20(27-28-22)19-4-1-14(9-21(19)30)15-12-25-26-13-15/h1,4-6,9,12-13,16-18,30H,2-3,7-8,10-11,24H2,(H,25,26)/t16-,17?,18-/m0/s1. The molecule has 2 aromatic heterocycles. The number of nitrogens with zero attached hydrogens (tertiary/aromatic N) is 4. The van der Waals surface area contributed by atoms with E-state index in [9.17, 15) is 9.90 Å². The minimum atomic E-state index is 0.0113. The summed E-state index contributed by atoms with van der Waals surface area (Å²) in [5, 5.41) is 25.7. The fourth-order valence-electron chi connectivity index (χ4n) is 4.92. The van der Waals surface area contributed by atoms with Crippen molar-refractivity contribution < 1.29 is 14.6 Å². The van der Waals surface area contributed by atoms with Crippen molar-refractivity contribution in [3.8, 4) is 34.0 Å². The summed E-state index contributed by atoms with van der Waals surface area (Å²) in [7, 11) is 0. The average Bonchev–Trinajstić information content (AvgIpc) is 3.42. The van der Waals surface area contributed by atoms with E-state index in [4.69, 9.17) is 10.5 Å². The molecule has 9 heteroatoms. The second-order valence-electron chi connectivity index (χ2n) is 8.41. The summed E-state index contributed by atoms with van der Waals surface area (Å²) >= 11 is 0. The van der Waals surface area contributed by atoms with Gasteiger partial charge in [-0.25, -0.2) is 0 Å². The van der Waals surface area contributed by atoms with Crippen LogP contribution in [0.1, 0.15) is 32.1 Å². The number of benzene rings is 1. The van der Waals surface area contributed by atoms with Crippen LogP contribution in [0.4, 0.5) is 0 Å². The van der Waals surface area contributed by atoms with Crippen molar-refractivity contribution in [2.75, 3.05) is 6.54 Å². The Kier molecular flexibility index (Phi) is 5.48. The highest BCUT2D eigenvalue weighted by Gasteiger charge is 2.43. The predicted octanol–water partition coefficient (Wildman–Crippen LogP) is 2.49. The van der Waals surface area contributed by atoms with E-state index >= 15 is 0 Å². The van der Waals surface area contributed by atoms with Crippen molar-refractivity contribution >= 4 is 5.91 Å². The summed E-state index contributed by atoms with van der Waals surface area (Å²) in [6.45, 7) is 0.387. The lowest BCUT2D eigenvalue weighted by atomic mass is 9.99. The van der Waals surface area contributed by atoms with E-state index in [0.717, 1.165) is 36.8 Å². The quantitative estimate of drug-likeness (QED) is 0.543. The second-order valence-corrected chi connectivity index (χ2v) is 8.41. The van der Waals surface area contributed by atoms with E-state index in [1.54, 1.807) is 30.6 Å². The number of phenols is 1. The Balaban J connectivity index is 1.25. The number of nitrogens with one attached hydrogen (secondary N) is 1. The lowest BCUT2D eigenvalue weighted by molar-refractivity contribution is -0.136. The van der Waals surface area contributed by atoms with Crippen LogP contribution in [-0.2, 0) is 4.79 Å². The zero-order valence-corrected chi connectivity index (χ0v) is 17.6. The lowest BCUT2D eigenvalue weighted by Gasteiger charge is -2.38. The van der Waals surface area contributed by atoms with E-state index in [-0.39, 0.29) is 29.8 Å². The van der Waals surface area contributed by atoms with Crippen LogP contribution in [0.3, 0.4) is 0 Å². The maximum Gasteiger partial charge on any atom is 0.233 e. The fraction of sp³-hybridized carbons (Fsp3) is 0.391. The van der Waals surface area contributed by atoms with Crippen LogP contribution < -0.4 is 10.5 Å². The van der Waals surface area contributed by atoms with Gasteiger partial charge in [-0.3, -0.25) is 9.89 Å². The first-order chi connectivity index (χ1) is 15.6. The molecule has 2 aliphatic heterocycles. The summed E-state index contributed by atoms with van der Waals surface area (Å²) in [6, 6.07) is 9.41. The molecule has 2 fully saturated rings. The zero-order valence-electron chi connectivity index (χ0n) is 17.6. The molecule has 2 bridgehead atoms. The van der Waals surface area contributed by atoms with Gasteiger partial charge in [-0.2, -0.15) is 5.10 Å². The van der Waals surface area contributed by atoms with Crippen molar-refractivity contribution in [1.29, 1.82) is 0 Å². The summed E-state index contributed by atoms with van der Waals surface area (Å²) in [4.78, 5) is 14.4. The second kappa shape index (κ2) is 8.58. The Bertz CT molecular complexity index is 1070. The number of rotatable bonds is 6. The summed E-state index contributed by atoms with van der Waals surface area (Å²) in [5.74, 6) is 0.730. The van der Waals surface area contributed by atoms with Crippen LogP contribution in [0, 0.1) is 0 Å². The van der Waals surface area contributed by atoms with Crippen molar-refractivity contribution in [2.45, 2.75) is 50.3 Å². The Hall–Kier alpha value is -3.46. The zero-order chi connectivity index (χ0) is 22.1. The minimum Gasteiger partial charge on any atom is -0.507 e. The van der Waals surface area contributed by atoms with Gasteiger partial charge in [0, 0.05) is 61.3 Å². The number of aromatic amines is 1. The molecule has 1 unspecified atom stereocenters. The Morgan fingerprint density at radius 3 is 2.59 bits per heavy atom. The largest absolute Gasteiger partial charge is 0.507 e. The first-order valence-electron chi connectivity index (χ1n) is 11.0. The van der Waals surface area contributed by atoms with Crippen LogP contribution in [0.25, 0.3) is 22.4 Å². The number of ether oxygens (including phenoxy) is 1. The van der Waals surface area contributed by atoms with E-state index in [2.05, 4.69) is 20.4 Å². The molecule has 5 rings (SSSR count). The van der Waals surface area contributed by atoms with E-state index in [0.29, 0.717) is 30.1 Å². The molecule has 166 valence electrons. The highest BCUT2D eigenvalue weighted by Crippen LogP contribution is 2.38. The molecular weight excluding hydrogens is 408 g/mol. The van der Waals surface area contributed by atoms with Gasteiger partial charge in [0.15, 0.2) is 0 Å². The van der Waals surface area contributed by atoms with Crippen molar-refractivity contribution in [1.82, 2.24) is 25.3 Å². The first-order valence-corrected chi connectivity index (χ1v) is 11.0. The lowest BCUT2D eigenvalue weighted by Crippen LogP contribution is -2.49. The van der Waals surface area contributed by atoms with Crippen molar-refractivity contribution in [3.63, 3.8) is 0 Å². The maximum atomic E-state index is 12.4. The number of fused-ring (bicyclic) bond motifs is 2. The van der Waals surface area contributed by atoms with Gasteiger partial charge in [-0.15, -0.1) is 10.2 Å². The van der Waals surface area contributed by atoms with Gasteiger partial charge in [0.25, 0.3) is 0 Å². The number of hydrogen-bond acceptors (Lipinski definition) is 7. The third-order valence-electron chi connectivity index (χ3n) is 6.37. The van der Waals surface area contributed by atoms with Gasteiger partial charge in [0.2, 0.25) is 11.8 Å². The normalized spacial score (nSPS) is 22.2. The molecule has 1 aromatic carbocycles. The number of H-pyrrole nitrogens is 1. The van der Waals surface area contributed by atoms with Crippen LogP contribution >= 0.6 is 0 Å². The van der Waals surface area contributed by atoms with Gasteiger partial charge in [0.1, 0.15) is 11.9 Å². The fourth-order valence-corrected chi connectivity index (χ4v) is 4.92. The van der Waals surface area contributed by atoms with Crippen LogP contribution in [-0.4, -0.2) is 61.0 Å². The number of amides is 1. The molecule has 2 aliphatic rings.